The van der Waals surface area contributed by atoms with Crippen LogP contribution in [0.3, 0.4) is 0 Å². The molecule has 2 fully saturated rings. The predicted molar refractivity (Wildman–Crippen MR) is 155 cm³/mol. The molecule has 1 aromatic carbocycles. The normalized spacial score (nSPS) is 17.9. The number of allylic oxidation sites excluding steroid dienone is 1. The summed E-state index contributed by atoms with van der Waals surface area (Å²) >= 11 is 1.14. The Kier molecular flexibility index (Phi) is 13.7. The highest BCUT2D eigenvalue weighted by atomic mass is 32.1. The van der Waals surface area contributed by atoms with Crippen LogP contribution in [-0.2, 0) is 14.3 Å². The third-order valence-electron chi connectivity index (χ3n) is 5.79. The van der Waals surface area contributed by atoms with Gasteiger partial charge in [0.25, 0.3) is 18.2 Å². The first-order valence-corrected chi connectivity index (χ1v) is 14.4. The van der Waals surface area contributed by atoms with E-state index in [1.165, 1.54) is 48.7 Å². The van der Waals surface area contributed by atoms with Crippen LogP contribution in [-0.4, -0.2) is 61.3 Å². The second-order valence-electron chi connectivity index (χ2n) is 8.53. The van der Waals surface area contributed by atoms with Crippen molar-refractivity contribution in [2.75, 3.05) is 37.1 Å². The number of morpholine rings is 1. The zero-order valence-electron chi connectivity index (χ0n) is 23.9. The summed E-state index contributed by atoms with van der Waals surface area (Å²) in [7, 11) is 1.40. The van der Waals surface area contributed by atoms with E-state index in [-0.39, 0.29) is 23.8 Å². The summed E-state index contributed by atoms with van der Waals surface area (Å²) in [5.41, 5.74) is 2.83. The predicted octanol–water partition coefficient (Wildman–Crippen LogP) is 5.73. The Bertz CT molecular complexity index is 1150. The highest BCUT2D eigenvalue weighted by molar-refractivity contribution is 7.13. The molecular weight excluding hydrogens is 540 g/mol. The van der Waals surface area contributed by atoms with Gasteiger partial charge in [0.05, 0.1) is 13.7 Å². The molecule has 0 radical (unpaired) electrons. The summed E-state index contributed by atoms with van der Waals surface area (Å²) in [6.07, 6.45) is 2.94. The van der Waals surface area contributed by atoms with E-state index in [4.69, 9.17) is 9.47 Å². The van der Waals surface area contributed by atoms with Crippen molar-refractivity contribution in [3.05, 3.63) is 52.9 Å². The summed E-state index contributed by atoms with van der Waals surface area (Å²) in [5, 5.41) is 13.0. The molecule has 1 aliphatic carbocycles. The molecule has 0 bridgehead atoms. The third kappa shape index (κ3) is 9.09. The third-order valence-corrected chi connectivity index (χ3v) is 6.40. The van der Waals surface area contributed by atoms with Crippen LogP contribution < -0.4 is 15.5 Å². The molecule has 0 spiro atoms. The number of dihydropyridines is 1. The monoisotopic (exact) mass is 579 g/mol. The van der Waals surface area contributed by atoms with Crippen LogP contribution >= 0.6 is 11.3 Å². The summed E-state index contributed by atoms with van der Waals surface area (Å²) in [6.45, 7) is 10.9. The van der Waals surface area contributed by atoms with E-state index < -0.39 is 18.4 Å². The molecule has 2 aromatic rings. The van der Waals surface area contributed by atoms with Crippen LogP contribution in [0.2, 0.25) is 0 Å². The number of ether oxygens (including phenoxy) is 2. The molecule has 40 heavy (non-hydrogen) atoms. The van der Waals surface area contributed by atoms with Gasteiger partial charge in [0.1, 0.15) is 23.9 Å². The van der Waals surface area contributed by atoms with Gasteiger partial charge >= 0.3 is 0 Å². The summed E-state index contributed by atoms with van der Waals surface area (Å²) in [5.74, 6) is 0.623. The average Bonchev–Trinajstić information content (AvgIpc) is 3.60. The molecule has 3 aliphatic rings. The Morgan fingerprint density at radius 2 is 1.95 bits per heavy atom. The Morgan fingerprint density at radius 1 is 1.25 bits per heavy atom. The lowest BCUT2D eigenvalue weighted by Crippen LogP contribution is -2.41. The largest absolute Gasteiger partial charge is 0.495 e. The van der Waals surface area contributed by atoms with Crippen molar-refractivity contribution >= 4 is 39.5 Å². The van der Waals surface area contributed by atoms with Crippen LogP contribution in [0.1, 0.15) is 63.4 Å². The summed E-state index contributed by atoms with van der Waals surface area (Å²) < 4.78 is 37.4. The van der Waals surface area contributed by atoms with Crippen LogP contribution in [0.5, 0.6) is 0 Å². The molecule has 1 aromatic heterocycles. The number of alkyl halides is 2. The Balaban J connectivity index is 0.000000620. The van der Waals surface area contributed by atoms with Gasteiger partial charge in [-0.05, 0) is 35.8 Å². The van der Waals surface area contributed by atoms with Gasteiger partial charge in [0.2, 0.25) is 5.13 Å². The van der Waals surface area contributed by atoms with E-state index in [9.17, 15) is 18.4 Å². The molecule has 2 amide bonds. The fourth-order valence-corrected chi connectivity index (χ4v) is 4.01. The zero-order valence-corrected chi connectivity index (χ0v) is 24.7. The van der Waals surface area contributed by atoms with Crippen LogP contribution in [0.25, 0.3) is 5.57 Å². The maximum absolute atomic E-state index is 13.4. The number of anilines is 2. The molecule has 3 heterocycles. The maximum Gasteiger partial charge on any atom is 0.261 e. The number of hydrogen-bond donors (Lipinski definition) is 2. The first kappa shape index (κ1) is 32.8. The number of rotatable bonds is 6. The van der Waals surface area contributed by atoms with Gasteiger partial charge in [-0.3, -0.25) is 14.9 Å². The van der Waals surface area contributed by atoms with Crippen LogP contribution in [0, 0.1) is 5.92 Å². The molecular formula is C28H39F2N5O4S. The lowest BCUT2D eigenvalue weighted by molar-refractivity contribution is -0.125. The van der Waals surface area contributed by atoms with Crippen LogP contribution in [0.15, 0.2) is 41.7 Å². The molecule has 2 aliphatic heterocycles. The molecule has 1 unspecified atom stereocenters. The number of nitrogens with zero attached hydrogens (tertiary/aromatic N) is 3. The van der Waals surface area contributed by atoms with Gasteiger partial charge in [-0.2, -0.15) is 0 Å². The number of aromatic nitrogens is 2. The SMILES string of the molecule is CC.CC.CC1CC1.COC1=CNC(C(F)F)C=C1c1cc(N2CCOCC2=O)ccc1C(=O)Nc1nncs1. The van der Waals surface area contributed by atoms with Gasteiger partial charge in [-0.15, -0.1) is 10.2 Å². The fourth-order valence-electron chi connectivity index (χ4n) is 3.57. The van der Waals surface area contributed by atoms with Crippen molar-refractivity contribution in [3.63, 3.8) is 0 Å². The minimum Gasteiger partial charge on any atom is -0.495 e. The standard InChI is InChI=1S/C20H19F2N5O4S.C4H8.2C2H6/c1-30-16-8-23-15(18(21)22)7-14(16)13-6-11(27-4-5-31-9-17(27)28)2-3-12(13)19(29)25-20-26-24-10-32-20;1-4-2-3-4;2*1-2/h2-3,6-8,10,15,18,23H,4-5,9H2,1H3,(H,25,26,29);4H,2-3H2,1H3;2*1-2H3. The topological polar surface area (TPSA) is 106 Å². The minimum atomic E-state index is -2.68. The molecule has 12 heteroatoms. The van der Waals surface area contributed by atoms with Gasteiger partial charge in [0.15, 0.2) is 0 Å². The van der Waals surface area contributed by atoms with Gasteiger partial charge in [0, 0.05) is 29.6 Å². The van der Waals surface area contributed by atoms with Gasteiger partial charge < -0.3 is 19.7 Å². The Labute approximate surface area is 238 Å². The number of methoxy groups -OCH3 is 1. The smallest absolute Gasteiger partial charge is 0.261 e. The first-order chi connectivity index (χ1) is 19.4. The summed E-state index contributed by atoms with van der Waals surface area (Å²) in [4.78, 5) is 26.9. The second kappa shape index (κ2) is 16.7. The molecule has 2 N–H and O–H groups in total. The van der Waals surface area contributed by atoms with Crippen molar-refractivity contribution in [1.29, 1.82) is 0 Å². The number of amides is 2. The second-order valence-corrected chi connectivity index (χ2v) is 9.36. The Hall–Kier alpha value is -3.38. The number of hydrogen-bond acceptors (Lipinski definition) is 8. The number of benzene rings is 1. The van der Waals surface area contributed by atoms with E-state index >= 15 is 0 Å². The van der Waals surface area contributed by atoms with E-state index in [2.05, 4.69) is 27.8 Å². The van der Waals surface area contributed by atoms with Crippen molar-refractivity contribution in [2.24, 2.45) is 5.92 Å². The van der Waals surface area contributed by atoms with Gasteiger partial charge in [-0.25, -0.2) is 8.78 Å². The lowest BCUT2D eigenvalue weighted by atomic mass is 9.93. The number of nitrogens with one attached hydrogen (secondary N) is 2. The maximum atomic E-state index is 13.4. The van der Waals surface area contributed by atoms with Crippen molar-refractivity contribution in [3.8, 4) is 0 Å². The highest BCUT2D eigenvalue weighted by Gasteiger charge is 2.28. The first-order valence-electron chi connectivity index (χ1n) is 13.5. The van der Waals surface area contributed by atoms with Crippen molar-refractivity contribution < 1.29 is 27.8 Å². The van der Waals surface area contributed by atoms with E-state index in [0.717, 1.165) is 17.3 Å². The van der Waals surface area contributed by atoms with Crippen molar-refractivity contribution in [2.45, 2.75) is 59.9 Å². The number of carbonyl (C=O) groups excluding carboxylic acids is 2. The zero-order chi connectivity index (χ0) is 29.7. The Morgan fingerprint density at radius 3 is 2.50 bits per heavy atom. The molecule has 9 nitrogen and oxygen atoms in total. The van der Waals surface area contributed by atoms with Gasteiger partial charge in [-0.1, -0.05) is 58.8 Å². The molecule has 220 valence electrons. The quantitative estimate of drug-likeness (QED) is 0.450. The van der Waals surface area contributed by atoms with Crippen molar-refractivity contribution in [1.82, 2.24) is 15.5 Å². The molecule has 1 saturated heterocycles. The fraction of sp³-hybridized carbons (Fsp3) is 0.500. The number of carbonyl (C=O) groups is 2. The molecule has 1 atom stereocenters. The molecule has 1 saturated carbocycles. The van der Waals surface area contributed by atoms with E-state index in [1.54, 1.807) is 12.1 Å². The summed E-state index contributed by atoms with van der Waals surface area (Å²) in [6, 6.07) is 3.52. The minimum absolute atomic E-state index is 0.0576. The number of halogens is 2. The van der Waals surface area contributed by atoms with E-state index in [1.807, 2.05) is 27.7 Å². The van der Waals surface area contributed by atoms with Crippen LogP contribution in [0.4, 0.5) is 19.6 Å². The lowest BCUT2D eigenvalue weighted by Gasteiger charge is -2.28. The molecule has 5 rings (SSSR count). The van der Waals surface area contributed by atoms with E-state index in [0.29, 0.717) is 35.1 Å². The highest BCUT2D eigenvalue weighted by Crippen LogP contribution is 2.34. The average molecular weight is 580 g/mol.